The van der Waals surface area contributed by atoms with Crippen LogP contribution in [-0.2, 0) is 0 Å². The Kier molecular flexibility index (Phi) is 5.64. The number of aliphatic hydroxyl groups is 1. The molecular weight excluding hydrogens is 264 g/mol. The van der Waals surface area contributed by atoms with Gasteiger partial charge in [-0.25, -0.2) is 0 Å². The Labute approximate surface area is 126 Å². The highest BCUT2D eigenvalue weighted by Gasteiger charge is 2.10. The lowest BCUT2D eigenvalue weighted by molar-refractivity contribution is 0.229. The van der Waals surface area contributed by atoms with Gasteiger partial charge in [0.2, 0.25) is 0 Å². The zero-order chi connectivity index (χ0) is 15.1. The fourth-order valence-electron chi connectivity index (χ4n) is 2.19. The summed E-state index contributed by atoms with van der Waals surface area (Å²) in [5.74, 6) is 1.75. The Bertz CT molecular complexity index is 531. The van der Waals surface area contributed by atoms with Crippen molar-refractivity contribution < 1.29 is 14.6 Å². The van der Waals surface area contributed by atoms with Crippen LogP contribution in [0.1, 0.15) is 23.5 Å². The minimum Gasteiger partial charge on any atom is -0.497 e. The topological polar surface area (TPSA) is 38.7 Å². The van der Waals surface area contributed by atoms with Crippen molar-refractivity contribution in [3.63, 3.8) is 0 Å². The molecule has 21 heavy (non-hydrogen) atoms. The third-order valence-corrected chi connectivity index (χ3v) is 3.56. The Morgan fingerprint density at radius 2 is 1.57 bits per heavy atom. The molecule has 0 saturated carbocycles. The van der Waals surface area contributed by atoms with E-state index in [4.69, 9.17) is 9.47 Å². The summed E-state index contributed by atoms with van der Waals surface area (Å²) in [5.41, 5.74) is 2.38. The quantitative estimate of drug-likeness (QED) is 0.846. The molecule has 0 aromatic heterocycles. The lowest BCUT2D eigenvalue weighted by atomic mass is 9.96. The van der Waals surface area contributed by atoms with E-state index < -0.39 is 0 Å². The van der Waals surface area contributed by atoms with Crippen molar-refractivity contribution in [3.8, 4) is 11.5 Å². The molecule has 2 aromatic rings. The Balaban J connectivity index is 1.86. The lowest BCUT2D eigenvalue weighted by Crippen LogP contribution is -2.09. The van der Waals surface area contributed by atoms with Gasteiger partial charge in [0.1, 0.15) is 11.5 Å². The van der Waals surface area contributed by atoms with Gasteiger partial charge in [-0.2, -0.15) is 0 Å². The molecule has 1 unspecified atom stereocenters. The average Bonchev–Trinajstić information content (AvgIpc) is 2.53. The Hall–Kier alpha value is -2.00. The predicted molar refractivity (Wildman–Crippen MR) is 84.1 cm³/mol. The van der Waals surface area contributed by atoms with E-state index in [1.165, 1.54) is 5.56 Å². The van der Waals surface area contributed by atoms with Crippen molar-refractivity contribution in [1.82, 2.24) is 0 Å². The first-order valence-corrected chi connectivity index (χ1v) is 7.17. The number of ether oxygens (including phenoxy) is 2. The van der Waals surface area contributed by atoms with E-state index in [1.54, 1.807) is 7.11 Å². The van der Waals surface area contributed by atoms with Crippen LogP contribution in [-0.4, -0.2) is 25.4 Å². The minimum absolute atomic E-state index is 0.115. The zero-order valence-corrected chi connectivity index (χ0v) is 12.6. The maximum atomic E-state index is 9.54. The highest BCUT2D eigenvalue weighted by molar-refractivity contribution is 5.31. The maximum Gasteiger partial charge on any atom is 0.119 e. The minimum atomic E-state index is 0.115. The molecule has 0 saturated heterocycles. The van der Waals surface area contributed by atoms with Crippen molar-refractivity contribution in [3.05, 3.63) is 59.7 Å². The third kappa shape index (κ3) is 4.50. The Morgan fingerprint density at radius 3 is 2.14 bits per heavy atom. The number of benzene rings is 2. The molecule has 0 heterocycles. The van der Waals surface area contributed by atoms with Crippen molar-refractivity contribution >= 4 is 0 Å². The fourth-order valence-corrected chi connectivity index (χ4v) is 2.19. The summed E-state index contributed by atoms with van der Waals surface area (Å²) in [6, 6.07) is 15.8. The molecule has 2 aromatic carbocycles. The van der Waals surface area contributed by atoms with Gasteiger partial charge >= 0.3 is 0 Å². The predicted octanol–water partition coefficient (Wildman–Crippen LogP) is 3.55. The van der Waals surface area contributed by atoms with Gasteiger partial charge in [0.15, 0.2) is 0 Å². The number of aryl methyl sites for hydroxylation is 1. The van der Waals surface area contributed by atoms with Crippen LogP contribution < -0.4 is 9.47 Å². The van der Waals surface area contributed by atoms with E-state index in [1.807, 2.05) is 24.3 Å². The van der Waals surface area contributed by atoms with Gasteiger partial charge < -0.3 is 14.6 Å². The highest BCUT2D eigenvalue weighted by Crippen LogP contribution is 2.21. The average molecular weight is 286 g/mol. The summed E-state index contributed by atoms with van der Waals surface area (Å²) >= 11 is 0. The van der Waals surface area contributed by atoms with E-state index in [9.17, 15) is 5.11 Å². The summed E-state index contributed by atoms with van der Waals surface area (Å²) in [4.78, 5) is 0. The normalized spacial score (nSPS) is 12.0. The number of hydrogen-bond acceptors (Lipinski definition) is 3. The summed E-state index contributed by atoms with van der Waals surface area (Å²) in [7, 11) is 1.64. The molecule has 0 fully saturated rings. The van der Waals surface area contributed by atoms with E-state index in [-0.39, 0.29) is 12.5 Å². The van der Waals surface area contributed by atoms with E-state index in [2.05, 4.69) is 31.2 Å². The van der Waals surface area contributed by atoms with Gasteiger partial charge in [-0.05, 0) is 43.2 Å². The van der Waals surface area contributed by atoms with Gasteiger partial charge in [0.25, 0.3) is 0 Å². The van der Waals surface area contributed by atoms with Crippen LogP contribution in [0.25, 0.3) is 0 Å². The van der Waals surface area contributed by atoms with Gasteiger partial charge in [0.05, 0.1) is 20.3 Å². The standard InChI is InChI=1S/C18H22O3/c1-14-3-5-15(6-4-14)16(13-19)11-12-21-18-9-7-17(20-2)8-10-18/h3-10,16,19H,11-13H2,1-2H3. The van der Waals surface area contributed by atoms with Gasteiger partial charge in [-0.3, -0.25) is 0 Å². The molecular formula is C18H22O3. The SMILES string of the molecule is COc1ccc(OCCC(CO)c2ccc(C)cc2)cc1. The molecule has 0 aliphatic heterocycles. The second-order valence-electron chi connectivity index (χ2n) is 5.10. The van der Waals surface area contributed by atoms with Crippen LogP contribution in [0.4, 0.5) is 0 Å². The van der Waals surface area contributed by atoms with E-state index in [0.717, 1.165) is 23.5 Å². The molecule has 3 nitrogen and oxygen atoms in total. The maximum absolute atomic E-state index is 9.54. The second kappa shape index (κ2) is 7.70. The molecule has 0 amide bonds. The molecule has 112 valence electrons. The number of rotatable bonds is 7. The number of hydrogen-bond donors (Lipinski definition) is 1. The molecule has 0 spiro atoms. The molecule has 0 radical (unpaired) electrons. The van der Waals surface area contributed by atoms with Crippen molar-refractivity contribution in [2.45, 2.75) is 19.3 Å². The highest BCUT2D eigenvalue weighted by atomic mass is 16.5. The Morgan fingerprint density at radius 1 is 0.952 bits per heavy atom. The summed E-state index contributed by atoms with van der Waals surface area (Å²) in [6.45, 7) is 2.77. The van der Waals surface area contributed by atoms with Crippen LogP contribution in [0.5, 0.6) is 11.5 Å². The first-order chi connectivity index (χ1) is 10.2. The van der Waals surface area contributed by atoms with E-state index in [0.29, 0.717) is 6.61 Å². The van der Waals surface area contributed by atoms with Crippen LogP contribution in [0.15, 0.2) is 48.5 Å². The number of methoxy groups -OCH3 is 1. The third-order valence-electron chi connectivity index (χ3n) is 3.56. The first-order valence-electron chi connectivity index (χ1n) is 7.17. The van der Waals surface area contributed by atoms with Gasteiger partial charge in [-0.15, -0.1) is 0 Å². The van der Waals surface area contributed by atoms with Gasteiger partial charge in [0, 0.05) is 5.92 Å². The van der Waals surface area contributed by atoms with Crippen molar-refractivity contribution in [2.75, 3.05) is 20.3 Å². The van der Waals surface area contributed by atoms with Crippen molar-refractivity contribution in [1.29, 1.82) is 0 Å². The van der Waals surface area contributed by atoms with Crippen LogP contribution >= 0.6 is 0 Å². The zero-order valence-electron chi connectivity index (χ0n) is 12.6. The smallest absolute Gasteiger partial charge is 0.119 e. The molecule has 1 atom stereocenters. The molecule has 0 aliphatic rings. The second-order valence-corrected chi connectivity index (χ2v) is 5.10. The molecule has 3 heteroatoms. The van der Waals surface area contributed by atoms with Gasteiger partial charge in [-0.1, -0.05) is 29.8 Å². The summed E-state index contributed by atoms with van der Waals surface area (Å²) < 4.78 is 10.8. The molecule has 1 N–H and O–H groups in total. The largest absolute Gasteiger partial charge is 0.497 e. The fraction of sp³-hybridized carbons (Fsp3) is 0.333. The first kappa shape index (κ1) is 15.4. The summed E-state index contributed by atoms with van der Waals surface area (Å²) in [6.07, 6.45) is 0.783. The lowest BCUT2D eigenvalue weighted by Gasteiger charge is -2.15. The van der Waals surface area contributed by atoms with Crippen LogP contribution in [0.3, 0.4) is 0 Å². The van der Waals surface area contributed by atoms with Crippen LogP contribution in [0.2, 0.25) is 0 Å². The monoisotopic (exact) mass is 286 g/mol. The summed E-state index contributed by atoms with van der Waals surface area (Å²) in [5, 5.41) is 9.54. The number of aliphatic hydroxyl groups excluding tert-OH is 1. The van der Waals surface area contributed by atoms with Crippen LogP contribution in [0, 0.1) is 6.92 Å². The molecule has 2 rings (SSSR count). The molecule has 0 bridgehead atoms. The van der Waals surface area contributed by atoms with E-state index >= 15 is 0 Å². The van der Waals surface area contributed by atoms with Crippen molar-refractivity contribution in [2.24, 2.45) is 0 Å². The molecule has 0 aliphatic carbocycles.